The van der Waals surface area contributed by atoms with Crippen LogP contribution in [0.25, 0.3) is 0 Å². The first-order valence-electron chi connectivity index (χ1n) is 10.9. The molecule has 162 valence electrons. The zero-order valence-corrected chi connectivity index (χ0v) is 19.7. The topological polar surface area (TPSA) is 40.6 Å². The van der Waals surface area contributed by atoms with Gasteiger partial charge in [0.25, 0.3) is 0 Å². The summed E-state index contributed by atoms with van der Waals surface area (Å²) in [6.07, 6.45) is 2.78. The fourth-order valence-electron chi connectivity index (χ4n) is 4.02. The summed E-state index contributed by atoms with van der Waals surface area (Å²) >= 11 is 1.77. The van der Waals surface area contributed by atoms with Gasteiger partial charge in [0, 0.05) is 23.4 Å². The molecule has 1 aliphatic rings. The Morgan fingerprint density at radius 1 is 1.17 bits per heavy atom. The number of unbranched alkanes of at least 4 members (excludes halogenated alkanes) is 1. The number of carbonyl (C=O) groups is 2. The van der Waals surface area contributed by atoms with Crippen LogP contribution in [-0.2, 0) is 16.0 Å². The minimum Gasteiger partial charge on any atom is -0.333 e. The predicted octanol–water partition coefficient (Wildman–Crippen LogP) is 5.21. The number of carbonyl (C=O) groups excluding carboxylic acids is 2. The standard InChI is InChI=1S/C25H34N2O2S/c1-6-7-14-26(24(29)25(3,4)5)17-22(28)27-15-12-21-20(13-16-30-21)23(27)19-10-8-18(2)9-11-19/h8-11,13,16,23H,6-7,12,14-15,17H2,1-5H3/t23-/m0/s1. The lowest BCUT2D eigenvalue weighted by atomic mass is 9.92. The highest BCUT2D eigenvalue weighted by molar-refractivity contribution is 7.10. The quantitative estimate of drug-likeness (QED) is 0.636. The highest BCUT2D eigenvalue weighted by Gasteiger charge is 2.35. The van der Waals surface area contributed by atoms with Crippen molar-refractivity contribution in [1.82, 2.24) is 9.80 Å². The van der Waals surface area contributed by atoms with Gasteiger partial charge in [0.05, 0.1) is 12.6 Å². The molecule has 3 rings (SSSR count). The Kier molecular flexibility index (Phi) is 7.02. The molecule has 2 amide bonds. The van der Waals surface area contributed by atoms with Crippen LogP contribution in [-0.4, -0.2) is 41.2 Å². The molecular formula is C25H34N2O2S. The van der Waals surface area contributed by atoms with Gasteiger partial charge >= 0.3 is 0 Å². The van der Waals surface area contributed by atoms with E-state index in [1.54, 1.807) is 16.2 Å². The second kappa shape index (κ2) is 9.34. The molecule has 0 spiro atoms. The Labute approximate surface area is 184 Å². The molecule has 1 aromatic heterocycles. The molecule has 5 heteroatoms. The summed E-state index contributed by atoms with van der Waals surface area (Å²) in [5, 5.41) is 2.12. The summed E-state index contributed by atoms with van der Waals surface area (Å²) < 4.78 is 0. The Balaban J connectivity index is 1.88. The first-order chi connectivity index (χ1) is 14.2. The van der Waals surface area contributed by atoms with Crippen LogP contribution in [0, 0.1) is 12.3 Å². The molecule has 0 aliphatic carbocycles. The number of amides is 2. The molecule has 0 fully saturated rings. The molecule has 2 heterocycles. The van der Waals surface area contributed by atoms with Crippen LogP contribution in [0.3, 0.4) is 0 Å². The summed E-state index contributed by atoms with van der Waals surface area (Å²) in [4.78, 5) is 31.6. The van der Waals surface area contributed by atoms with Crippen LogP contribution in [0.5, 0.6) is 0 Å². The molecule has 0 bridgehead atoms. The summed E-state index contributed by atoms with van der Waals surface area (Å²) in [5.74, 6) is 0.0792. The van der Waals surface area contributed by atoms with E-state index in [1.807, 2.05) is 25.7 Å². The molecule has 1 aliphatic heterocycles. The maximum Gasteiger partial charge on any atom is 0.242 e. The number of hydrogen-bond acceptors (Lipinski definition) is 3. The average Bonchev–Trinajstić information content (AvgIpc) is 3.18. The summed E-state index contributed by atoms with van der Waals surface area (Å²) in [5.41, 5.74) is 3.08. The molecule has 0 saturated heterocycles. The second-order valence-electron chi connectivity index (χ2n) is 9.28. The lowest BCUT2D eigenvalue weighted by Gasteiger charge is -2.38. The Hall–Kier alpha value is -2.14. The first kappa shape index (κ1) is 22.5. The van der Waals surface area contributed by atoms with Crippen molar-refractivity contribution in [2.75, 3.05) is 19.6 Å². The third-order valence-corrected chi connectivity index (χ3v) is 6.71. The van der Waals surface area contributed by atoms with Crippen molar-refractivity contribution in [3.63, 3.8) is 0 Å². The van der Waals surface area contributed by atoms with E-state index in [9.17, 15) is 9.59 Å². The van der Waals surface area contributed by atoms with Crippen molar-refractivity contribution >= 4 is 23.2 Å². The fourth-order valence-corrected chi connectivity index (χ4v) is 4.93. The minimum absolute atomic E-state index is 0.0335. The van der Waals surface area contributed by atoms with E-state index in [4.69, 9.17) is 0 Å². The van der Waals surface area contributed by atoms with E-state index >= 15 is 0 Å². The largest absolute Gasteiger partial charge is 0.333 e. The number of thiophene rings is 1. The third kappa shape index (κ3) is 4.94. The molecular weight excluding hydrogens is 392 g/mol. The zero-order valence-electron chi connectivity index (χ0n) is 18.9. The number of hydrogen-bond donors (Lipinski definition) is 0. The van der Waals surface area contributed by atoms with E-state index in [0.29, 0.717) is 13.1 Å². The van der Waals surface area contributed by atoms with Crippen molar-refractivity contribution in [3.05, 3.63) is 57.3 Å². The number of nitrogens with zero attached hydrogens (tertiary/aromatic N) is 2. The van der Waals surface area contributed by atoms with Crippen LogP contribution in [0.1, 0.15) is 68.1 Å². The van der Waals surface area contributed by atoms with E-state index in [0.717, 1.165) is 24.8 Å². The predicted molar refractivity (Wildman–Crippen MR) is 124 cm³/mol. The highest BCUT2D eigenvalue weighted by Crippen LogP contribution is 2.38. The van der Waals surface area contributed by atoms with Gasteiger partial charge in [-0.1, -0.05) is 63.9 Å². The lowest BCUT2D eigenvalue weighted by Crippen LogP contribution is -2.49. The van der Waals surface area contributed by atoms with E-state index in [1.165, 1.54) is 16.0 Å². The summed E-state index contributed by atoms with van der Waals surface area (Å²) in [7, 11) is 0. The molecule has 30 heavy (non-hydrogen) atoms. The maximum atomic E-state index is 13.5. The number of rotatable bonds is 6. The molecule has 4 nitrogen and oxygen atoms in total. The van der Waals surface area contributed by atoms with Crippen molar-refractivity contribution < 1.29 is 9.59 Å². The van der Waals surface area contributed by atoms with Crippen molar-refractivity contribution in [1.29, 1.82) is 0 Å². The number of fused-ring (bicyclic) bond motifs is 1. The molecule has 0 radical (unpaired) electrons. The zero-order chi connectivity index (χ0) is 21.9. The Morgan fingerprint density at radius 2 is 1.87 bits per heavy atom. The Bertz CT molecular complexity index is 879. The van der Waals surface area contributed by atoms with Gasteiger partial charge in [0.2, 0.25) is 11.8 Å². The third-order valence-electron chi connectivity index (χ3n) is 5.72. The molecule has 0 unspecified atom stereocenters. The smallest absolute Gasteiger partial charge is 0.242 e. The number of benzene rings is 1. The monoisotopic (exact) mass is 426 g/mol. The van der Waals surface area contributed by atoms with E-state index < -0.39 is 5.41 Å². The maximum absolute atomic E-state index is 13.5. The van der Waals surface area contributed by atoms with Crippen LogP contribution in [0.15, 0.2) is 35.7 Å². The van der Waals surface area contributed by atoms with Gasteiger partial charge in [0.15, 0.2) is 0 Å². The van der Waals surface area contributed by atoms with Crippen LogP contribution >= 0.6 is 11.3 Å². The van der Waals surface area contributed by atoms with Crippen LogP contribution in [0.2, 0.25) is 0 Å². The molecule has 0 N–H and O–H groups in total. The van der Waals surface area contributed by atoms with Crippen molar-refractivity contribution in [2.24, 2.45) is 5.41 Å². The van der Waals surface area contributed by atoms with Crippen molar-refractivity contribution in [2.45, 2.75) is 59.9 Å². The van der Waals surface area contributed by atoms with Crippen LogP contribution < -0.4 is 0 Å². The minimum atomic E-state index is -0.493. The van der Waals surface area contributed by atoms with Gasteiger partial charge in [0.1, 0.15) is 0 Å². The van der Waals surface area contributed by atoms with Gasteiger partial charge in [-0.3, -0.25) is 9.59 Å². The van der Waals surface area contributed by atoms with Crippen molar-refractivity contribution in [3.8, 4) is 0 Å². The molecule has 1 aromatic carbocycles. The van der Waals surface area contributed by atoms with Crippen LogP contribution in [0.4, 0.5) is 0 Å². The highest BCUT2D eigenvalue weighted by atomic mass is 32.1. The van der Waals surface area contributed by atoms with Gasteiger partial charge < -0.3 is 9.80 Å². The van der Waals surface area contributed by atoms with E-state index in [-0.39, 0.29) is 24.4 Å². The normalized spacial score (nSPS) is 16.3. The second-order valence-corrected chi connectivity index (χ2v) is 10.3. The summed E-state index contributed by atoms with van der Waals surface area (Å²) in [6, 6.07) is 10.5. The first-order valence-corrected chi connectivity index (χ1v) is 11.8. The molecule has 2 aromatic rings. The summed E-state index contributed by atoms with van der Waals surface area (Å²) in [6.45, 7) is 11.4. The van der Waals surface area contributed by atoms with Gasteiger partial charge in [-0.2, -0.15) is 0 Å². The van der Waals surface area contributed by atoms with Gasteiger partial charge in [-0.05, 0) is 42.3 Å². The van der Waals surface area contributed by atoms with Gasteiger partial charge in [-0.15, -0.1) is 11.3 Å². The molecule has 1 atom stereocenters. The SMILES string of the molecule is CCCCN(CC(=O)N1CCc2sccc2[C@@H]1c1ccc(C)cc1)C(=O)C(C)(C)C. The fraction of sp³-hybridized carbons (Fsp3) is 0.520. The molecule has 0 saturated carbocycles. The van der Waals surface area contributed by atoms with E-state index in [2.05, 4.69) is 49.6 Å². The Morgan fingerprint density at radius 3 is 2.50 bits per heavy atom. The van der Waals surface area contributed by atoms with Gasteiger partial charge in [-0.25, -0.2) is 0 Å². The average molecular weight is 427 g/mol. The lowest BCUT2D eigenvalue weighted by molar-refractivity contribution is -0.146. The number of aryl methyl sites for hydroxylation is 1.